The fourth-order valence-corrected chi connectivity index (χ4v) is 1.34. The molecule has 0 saturated carbocycles. The molecule has 1 aromatic heterocycles. The molecule has 0 aliphatic heterocycles. The number of ether oxygens (including phenoxy) is 1. The maximum absolute atomic E-state index is 10.7. The lowest BCUT2D eigenvalue weighted by Gasteiger charge is -1.87. The summed E-state index contributed by atoms with van der Waals surface area (Å²) < 4.78 is 4.43. The molecule has 0 aliphatic carbocycles. The minimum absolute atomic E-state index is 0.358. The van der Waals surface area contributed by atoms with E-state index >= 15 is 0 Å². The Hall–Kier alpha value is -1.16. The highest BCUT2D eigenvalue weighted by Crippen LogP contribution is 2.09. The normalized spacial score (nSPS) is 10.5. The lowest BCUT2D eigenvalue weighted by Crippen LogP contribution is -1.92. The van der Waals surface area contributed by atoms with Crippen LogP contribution in [0.25, 0.3) is 6.08 Å². The van der Waals surface area contributed by atoms with E-state index in [1.54, 1.807) is 6.08 Å². The van der Waals surface area contributed by atoms with Crippen molar-refractivity contribution in [2.24, 2.45) is 0 Å². The summed E-state index contributed by atoms with van der Waals surface area (Å²) >= 11 is 1.50. The van der Waals surface area contributed by atoms with Crippen molar-refractivity contribution in [2.45, 2.75) is 6.92 Å². The molecular formula is C8H9NO2S. The number of nitrogens with zero attached hydrogens (tertiary/aromatic N) is 1. The highest BCUT2D eigenvalue weighted by molar-refractivity contribution is 7.10. The first kappa shape index (κ1) is 8.93. The van der Waals surface area contributed by atoms with Gasteiger partial charge in [0, 0.05) is 17.2 Å². The summed E-state index contributed by atoms with van der Waals surface area (Å²) in [6.07, 6.45) is 3.00. The molecule has 0 fully saturated rings. The predicted molar refractivity (Wildman–Crippen MR) is 47.9 cm³/mol. The first-order valence-electron chi connectivity index (χ1n) is 3.40. The Morgan fingerprint density at radius 3 is 3.00 bits per heavy atom. The van der Waals surface area contributed by atoms with Gasteiger partial charge < -0.3 is 4.74 Å². The first-order valence-corrected chi connectivity index (χ1v) is 4.28. The molecule has 0 unspecified atom stereocenters. The van der Waals surface area contributed by atoms with Gasteiger partial charge in [-0.05, 0) is 13.0 Å². The van der Waals surface area contributed by atoms with Crippen LogP contribution in [-0.4, -0.2) is 18.1 Å². The van der Waals surface area contributed by atoms with E-state index < -0.39 is 0 Å². The summed E-state index contributed by atoms with van der Waals surface area (Å²) in [6.45, 7) is 1.91. The van der Waals surface area contributed by atoms with Gasteiger partial charge >= 0.3 is 5.97 Å². The summed E-state index contributed by atoms with van der Waals surface area (Å²) in [5.41, 5.74) is 0.963. The summed E-state index contributed by atoms with van der Waals surface area (Å²) in [6, 6.07) is 0. The Kier molecular flexibility index (Phi) is 2.99. The number of aromatic nitrogens is 1. The van der Waals surface area contributed by atoms with Gasteiger partial charge in [0.25, 0.3) is 0 Å². The van der Waals surface area contributed by atoms with E-state index in [9.17, 15) is 4.79 Å². The molecule has 3 nitrogen and oxygen atoms in total. The molecule has 0 aromatic carbocycles. The van der Waals surface area contributed by atoms with Crippen molar-refractivity contribution in [3.8, 4) is 0 Å². The van der Waals surface area contributed by atoms with Gasteiger partial charge in [-0.25, -0.2) is 9.78 Å². The van der Waals surface area contributed by atoms with Crippen LogP contribution in [0.3, 0.4) is 0 Å². The van der Waals surface area contributed by atoms with E-state index in [0.717, 1.165) is 10.7 Å². The van der Waals surface area contributed by atoms with Crippen LogP contribution in [0.2, 0.25) is 0 Å². The molecule has 0 radical (unpaired) electrons. The molecule has 1 heterocycles. The van der Waals surface area contributed by atoms with Gasteiger partial charge in [0.2, 0.25) is 0 Å². The molecular weight excluding hydrogens is 174 g/mol. The summed E-state index contributed by atoms with van der Waals surface area (Å²) in [4.78, 5) is 14.8. The van der Waals surface area contributed by atoms with Crippen LogP contribution >= 0.6 is 11.3 Å². The minimum atomic E-state index is -0.358. The maximum atomic E-state index is 10.7. The van der Waals surface area contributed by atoms with Crippen LogP contribution in [0, 0.1) is 6.92 Å². The molecule has 0 saturated heterocycles. The van der Waals surface area contributed by atoms with Crippen molar-refractivity contribution in [1.29, 1.82) is 0 Å². The summed E-state index contributed by atoms with van der Waals surface area (Å²) in [7, 11) is 1.35. The molecule has 0 N–H and O–H groups in total. The van der Waals surface area contributed by atoms with Gasteiger partial charge in [0.05, 0.1) is 7.11 Å². The Bertz CT molecular complexity index is 304. The molecule has 4 heteroatoms. The molecule has 12 heavy (non-hydrogen) atoms. The zero-order chi connectivity index (χ0) is 8.97. The molecule has 1 rings (SSSR count). The summed E-state index contributed by atoms with van der Waals surface area (Å²) in [5, 5.41) is 2.75. The monoisotopic (exact) mass is 183 g/mol. The number of thiazole rings is 1. The fraction of sp³-hybridized carbons (Fsp3) is 0.250. The summed E-state index contributed by atoms with van der Waals surface area (Å²) in [5.74, 6) is -0.358. The highest BCUT2D eigenvalue weighted by atomic mass is 32.1. The van der Waals surface area contributed by atoms with Crippen LogP contribution in [0.1, 0.15) is 10.7 Å². The third kappa shape index (κ3) is 2.47. The SMILES string of the molecule is COC(=O)/C=C/c1nc(C)cs1. The van der Waals surface area contributed by atoms with E-state index in [2.05, 4.69) is 9.72 Å². The zero-order valence-corrected chi connectivity index (χ0v) is 7.72. The van der Waals surface area contributed by atoms with Crippen LogP contribution in [-0.2, 0) is 9.53 Å². The average Bonchev–Trinajstić information content (AvgIpc) is 2.47. The Balaban J connectivity index is 2.63. The molecule has 0 atom stereocenters. The van der Waals surface area contributed by atoms with Gasteiger partial charge in [-0.15, -0.1) is 11.3 Å². The standard InChI is InChI=1S/C8H9NO2S/c1-6-5-12-7(9-6)3-4-8(10)11-2/h3-5H,1-2H3/b4-3+. The number of esters is 1. The smallest absolute Gasteiger partial charge is 0.330 e. The van der Waals surface area contributed by atoms with E-state index in [0.29, 0.717) is 0 Å². The second-order valence-electron chi connectivity index (χ2n) is 2.18. The zero-order valence-electron chi connectivity index (χ0n) is 6.90. The van der Waals surface area contributed by atoms with Crippen molar-refractivity contribution in [2.75, 3.05) is 7.11 Å². The van der Waals surface area contributed by atoms with Gasteiger partial charge in [-0.1, -0.05) is 0 Å². The molecule has 1 aromatic rings. The van der Waals surface area contributed by atoms with E-state index in [-0.39, 0.29) is 5.97 Å². The van der Waals surface area contributed by atoms with Crippen molar-refractivity contribution < 1.29 is 9.53 Å². The van der Waals surface area contributed by atoms with Crippen LogP contribution in [0.5, 0.6) is 0 Å². The number of hydrogen-bond acceptors (Lipinski definition) is 4. The van der Waals surface area contributed by atoms with Gasteiger partial charge in [0.1, 0.15) is 5.01 Å². The predicted octanol–water partition coefficient (Wildman–Crippen LogP) is 1.64. The van der Waals surface area contributed by atoms with Crippen LogP contribution in [0.15, 0.2) is 11.5 Å². The van der Waals surface area contributed by atoms with Gasteiger partial charge in [-0.3, -0.25) is 0 Å². The van der Waals surface area contributed by atoms with Gasteiger partial charge in [0.15, 0.2) is 0 Å². The van der Waals surface area contributed by atoms with Crippen molar-refractivity contribution in [3.63, 3.8) is 0 Å². The van der Waals surface area contributed by atoms with Gasteiger partial charge in [-0.2, -0.15) is 0 Å². The quantitative estimate of drug-likeness (QED) is 0.517. The Morgan fingerprint density at radius 2 is 2.50 bits per heavy atom. The topological polar surface area (TPSA) is 39.2 Å². The minimum Gasteiger partial charge on any atom is -0.466 e. The number of aryl methyl sites for hydroxylation is 1. The number of carbonyl (C=O) groups excluding carboxylic acids is 1. The van der Waals surface area contributed by atoms with Crippen molar-refractivity contribution >= 4 is 23.4 Å². The fourth-order valence-electron chi connectivity index (χ4n) is 0.656. The third-order valence-corrected chi connectivity index (χ3v) is 2.13. The number of carbonyl (C=O) groups is 1. The Labute approximate surface area is 74.7 Å². The largest absolute Gasteiger partial charge is 0.466 e. The first-order chi connectivity index (χ1) is 5.72. The van der Waals surface area contributed by atoms with Crippen molar-refractivity contribution in [3.05, 3.63) is 22.2 Å². The average molecular weight is 183 g/mol. The number of hydrogen-bond donors (Lipinski definition) is 0. The van der Waals surface area contributed by atoms with E-state index in [4.69, 9.17) is 0 Å². The second kappa shape index (κ2) is 4.01. The van der Waals surface area contributed by atoms with Crippen LogP contribution < -0.4 is 0 Å². The lowest BCUT2D eigenvalue weighted by molar-refractivity contribution is -0.134. The molecule has 64 valence electrons. The molecule has 0 bridgehead atoms. The molecule has 0 spiro atoms. The molecule has 0 aliphatic rings. The number of rotatable bonds is 2. The highest BCUT2D eigenvalue weighted by Gasteiger charge is 1.95. The van der Waals surface area contributed by atoms with Crippen molar-refractivity contribution in [1.82, 2.24) is 4.98 Å². The number of methoxy groups -OCH3 is 1. The van der Waals surface area contributed by atoms with E-state index in [1.807, 2.05) is 12.3 Å². The third-order valence-electron chi connectivity index (χ3n) is 1.20. The van der Waals surface area contributed by atoms with E-state index in [1.165, 1.54) is 24.5 Å². The Morgan fingerprint density at radius 1 is 1.75 bits per heavy atom. The lowest BCUT2D eigenvalue weighted by atomic mass is 10.5. The molecule has 0 amide bonds. The second-order valence-corrected chi connectivity index (χ2v) is 3.07. The maximum Gasteiger partial charge on any atom is 0.330 e. The van der Waals surface area contributed by atoms with Crippen LogP contribution in [0.4, 0.5) is 0 Å².